The fourth-order valence-electron chi connectivity index (χ4n) is 4.08. The highest BCUT2D eigenvalue weighted by molar-refractivity contribution is 9.10. The third-order valence-corrected chi connectivity index (χ3v) is 6.90. The lowest BCUT2D eigenvalue weighted by Gasteiger charge is -2.34. The molecule has 154 valence electrons. The van der Waals surface area contributed by atoms with Gasteiger partial charge in [0, 0.05) is 48.4 Å². The molecule has 2 aliphatic rings. The molecule has 0 amide bonds. The number of anilines is 3. The summed E-state index contributed by atoms with van der Waals surface area (Å²) in [7, 11) is 0. The SMILES string of the molecule is Cc1c(Br)cccc1Nc1nc(N2CCC2)nc2c1CCN(Cc1ccccc1)C2. The molecule has 30 heavy (non-hydrogen) atoms. The normalized spacial score (nSPS) is 16.1. The number of hydrogen-bond donors (Lipinski definition) is 1. The molecule has 0 unspecified atom stereocenters. The Hall–Kier alpha value is -2.44. The molecule has 1 N–H and O–H groups in total. The Bertz CT molecular complexity index is 1050. The number of benzene rings is 2. The van der Waals surface area contributed by atoms with Gasteiger partial charge in [-0.15, -0.1) is 0 Å². The number of halogens is 1. The number of nitrogens with zero attached hydrogens (tertiary/aromatic N) is 4. The fourth-order valence-corrected chi connectivity index (χ4v) is 4.45. The predicted octanol–water partition coefficient (Wildman–Crippen LogP) is 5.06. The zero-order valence-corrected chi connectivity index (χ0v) is 18.8. The number of rotatable bonds is 5. The van der Waals surface area contributed by atoms with E-state index in [9.17, 15) is 0 Å². The van der Waals surface area contributed by atoms with Crippen LogP contribution in [-0.2, 0) is 19.5 Å². The minimum absolute atomic E-state index is 0.858. The summed E-state index contributed by atoms with van der Waals surface area (Å²) in [5.41, 5.74) is 6.04. The first-order chi connectivity index (χ1) is 14.7. The largest absolute Gasteiger partial charge is 0.341 e. The van der Waals surface area contributed by atoms with Crippen LogP contribution in [0.1, 0.15) is 28.8 Å². The molecule has 5 nitrogen and oxygen atoms in total. The van der Waals surface area contributed by atoms with E-state index in [1.54, 1.807) is 0 Å². The maximum Gasteiger partial charge on any atom is 0.227 e. The van der Waals surface area contributed by atoms with Gasteiger partial charge in [0.05, 0.1) is 5.69 Å². The summed E-state index contributed by atoms with van der Waals surface area (Å²) in [6.45, 7) is 7.04. The molecule has 0 bridgehead atoms. The lowest BCUT2D eigenvalue weighted by Crippen LogP contribution is -2.39. The van der Waals surface area contributed by atoms with Crippen LogP contribution in [0, 0.1) is 6.92 Å². The average Bonchev–Trinajstić information content (AvgIpc) is 2.71. The van der Waals surface area contributed by atoms with Crippen LogP contribution in [0.4, 0.5) is 17.5 Å². The van der Waals surface area contributed by atoms with Crippen LogP contribution in [0.3, 0.4) is 0 Å². The number of hydrogen-bond acceptors (Lipinski definition) is 5. The zero-order valence-electron chi connectivity index (χ0n) is 17.2. The average molecular weight is 464 g/mol. The highest BCUT2D eigenvalue weighted by Gasteiger charge is 2.26. The molecular formula is C24H26BrN5. The summed E-state index contributed by atoms with van der Waals surface area (Å²) < 4.78 is 1.10. The molecule has 0 aliphatic carbocycles. The van der Waals surface area contributed by atoms with Crippen LogP contribution in [0.5, 0.6) is 0 Å². The Kier molecular flexibility index (Phi) is 5.44. The minimum atomic E-state index is 0.858. The molecular weight excluding hydrogens is 438 g/mol. The molecule has 3 aromatic rings. The second kappa shape index (κ2) is 8.36. The van der Waals surface area contributed by atoms with Gasteiger partial charge in [0.1, 0.15) is 5.82 Å². The second-order valence-electron chi connectivity index (χ2n) is 8.12. The molecule has 0 atom stereocenters. The monoisotopic (exact) mass is 463 g/mol. The first-order valence-electron chi connectivity index (χ1n) is 10.6. The highest BCUT2D eigenvalue weighted by Crippen LogP contribution is 2.32. The Balaban J connectivity index is 1.46. The zero-order chi connectivity index (χ0) is 20.5. The summed E-state index contributed by atoms with van der Waals surface area (Å²) >= 11 is 3.64. The molecule has 0 radical (unpaired) electrons. The third kappa shape index (κ3) is 3.94. The van der Waals surface area contributed by atoms with Crippen LogP contribution in [0.2, 0.25) is 0 Å². The van der Waals surface area contributed by atoms with Gasteiger partial charge in [-0.1, -0.05) is 52.3 Å². The van der Waals surface area contributed by atoms with Gasteiger partial charge in [-0.05, 0) is 43.0 Å². The van der Waals surface area contributed by atoms with E-state index < -0.39 is 0 Å². The predicted molar refractivity (Wildman–Crippen MR) is 125 cm³/mol. The lowest BCUT2D eigenvalue weighted by atomic mass is 10.0. The Morgan fingerprint density at radius 1 is 1.00 bits per heavy atom. The van der Waals surface area contributed by atoms with Crippen molar-refractivity contribution in [3.05, 3.63) is 75.4 Å². The molecule has 2 aromatic carbocycles. The Labute approximate surface area is 186 Å². The minimum Gasteiger partial charge on any atom is -0.341 e. The summed E-state index contributed by atoms with van der Waals surface area (Å²) in [6.07, 6.45) is 2.17. The van der Waals surface area contributed by atoms with Crippen molar-refractivity contribution in [2.24, 2.45) is 0 Å². The van der Waals surface area contributed by atoms with E-state index in [0.717, 1.165) is 66.8 Å². The molecule has 6 heteroatoms. The molecule has 1 fully saturated rings. The van der Waals surface area contributed by atoms with Gasteiger partial charge in [-0.3, -0.25) is 4.90 Å². The maximum atomic E-state index is 4.99. The number of nitrogens with one attached hydrogen (secondary N) is 1. The smallest absolute Gasteiger partial charge is 0.227 e. The summed E-state index contributed by atoms with van der Waals surface area (Å²) in [5, 5.41) is 3.62. The molecule has 2 aliphatic heterocycles. The molecule has 0 saturated carbocycles. The molecule has 5 rings (SSSR count). The van der Waals surface area contributed by atoms with E-state index >= 15 is 0 Å². The van der Waals surface area contributed by atoms with E-state index in [0.29, 0.717) is 0 Å². The van der Waals surface area contributed by atoms with Gasteiger partial charge >= 0.3 is 0 Å². The Morgan fingerprint density at radius 3 is 2.60 bits per heavy atom. The van der Waals surface area contributed by atoms with Crippen molar-refractivity contribution in [2.75, 3.05) is 29.9 Å². The fraction of sp³-hybridized carbons (Fsp3) is 0.333. The highest BCUT2D eigenvalue weighted by atomic mass is 79.9. The number of fused-ring (bicyclic) bond motifs is 1. The van der Waals surface area contributed by atoms with Gasteiger partial charge in [0.25, 0.3) is 0 Å². The summed E-state index contributed by atoms with van der Waals surface area (Å²) in [4.78, 5) is 14.7. The summed E-state index contributed by atoms with van der Waals surface area (Å²) in [6, 6.07) is 16.9. The molecule has 3 heterocycles. The molecule has 0 spiro atoms. The molecule has 1 aromatic heterocycles. The van der Waals surface area contributed by atoms with E-state index in [2.05, 4.69) is 86.5 Å². The van der Waals surface area contributed by atoms with Crippen molar-refractivity contribution in [3.63, 3.8) is 0 Å². The van der Waals surface area contributed by atoms with Gasteiger partial charge in [0.2, 0.25) is 5.95 Å². The first-order valence-corrected chi connectivity index (χ1v) is 11.4. The van der Waals surface area contributed by atoms with Gasteiger partial charge in [-0.2, -0.15) is 4.98 Å². The third-order valence-electron chi connectivity index (χ3n) is 6.04. The lowest BCUT2D eigenvalue weighted by molar-refractivity contribution is 0.241. The van der Waals surface area contributed by atoms with Crippen LogP contribution in [0.15, 0.2) is 53.0 Å². The van der Waals surface area contributed by atoms with Crippen molar-refractivity contribution in [1.82, 2.24) is 14.9 Å². The maximum absolute atomic E-state index is 4.99. The van der Waals surface area contributed by atoms with Crippen LogP contribution < -0.4 is 10.2 Å². The van der Waals surface area contributed by atoms with E-state index in [1.807, 2.05) is 0 Å². The quantitative estimate of drug-likeness (QED) is 0.572. The van der Waals surface area contributed by atoms with Crippen molar-refractivity contribution in [2.45, 2.75) is 32.9 Å². The van der Waals surface area contributed by atoms with Crippen LogP contribution in [0.25, 0.3) is 0 Å². The van der Waals surface area contributed by atoms with E-state index in [1.165, 1.54) is 23.1 Å². The van der Waals surface area contributed by atoms with Crippen molar-refractivity contribution < 1.29 is 0 Å². The van der Waals surface area contributed by atoms with Crippen LogP contribution in [-0.4, -0.2) is 34.5 Å². The number of aromatic nitrogens is 2. The summed E-state index contributed by atoms with van der Waals surface area (Å²) in [5.74, 6) is 1.82. The van der Waals surface area contributed by atoms with Crippen LogP contribution >= 0.6 is 15.9 Å². The Morgan fingerprint density at radius 2 is 1.83 bits per heavy atom. The van der Waals surface area contributed by atoms with Crippen molar-refractivity contribution >= 4 is 33.4 Å². The van der Waals surface area contributed by atoms with Gasteiger partial charge < -0.3 is 10.2 Å². The van der Waals surface area contributed by atoms with Gasteiger partial charge in [0.15, 0.2) is 0 Å². The first kappa shape index (κ1) is 19.5. The second-order valence-corrected chi connectivity index (χ2v) is 8.98. The van der Waals surface area contributed by atoms with Gasteiger partial charge in [-0.25, -0.2) is 4.98 Å². The topological polar surface area (TPSA) is 44.3 Å². The molecule has 1 saturated heterocycles. The van der Waals surface area contributed by atoms with Crippen molar-refractivity contribution in [1.29, 1.82) is 0 Å². The van der Waals surface area contributed by atoms with Crippen molar-refractivity contribution in [3.8, 4) is 0 Å². The standard InChI is InChI=1S/C24H26BrN5/c1-17-20(25)9-5-10-21(17)26-23-19-11-14-29(15-18-7-3-2-4-8-18)16-22(19)27-24(28-23)30-12-6-13-30/h2-5,7-10H,6,11-16H2,1H3,(H,26,27,28). The van der Waals surface area contributed by atoms with E-state index in [-0.39, 0.29) is 0 Å². The van der Waals surface area contributed by atoms with E-state index in [4.69, 9.17) is 9.97 Å².